The Morgan fingerprint density at radius 3 is 2.20 bits per heavy atom. The number of hydrogen-bond donors (Lipinski definition) is 0. The summed E-state index contributed by atoms with van der Waals surface area (Å²) in [4.78, 5) is 0. The first-order valence-electron chi connectivity index (χ1n) is 3.78. The summed E-state index contributed by atoms with van der Waals surface area (Å²) in [6.07, 6.45) is 1.06. The van der Waals surface area contributed by atoms with Gasteiger partial charge in [-0.25, -0.2) is 0 Å². The fourth-order valence-electron chi connectivity index (χ4n) is 0.422. The number of hydrogen-bond acceptors (Lipinski definition) is 2. The van der Waals surface area contributed by atoms with E-state index in [4.69, 9.17) is 9.16 Å². The first kappa shape index (κ1) is 10.1. The summed E-state index contributed by atoms with van der Waals surface area (Å²) in [6, 6.07) is 0. The molecule has 2 nitrogen and oxygen atoms in total. The van der Waals surface area contributed by atoms with Gasteiger partial charge in [0, 0.05) is 6.61 Å². The van der Waals surface area contributed by atoms with Gasteiger partial charge in [-0.1, -0.05) is 6.92 Å². The summed E-state index contributed by atoms with van der Waals surface area (Å²) in [5, 5.41) is 0. The van der Waals surface area contributed by atoms with Crippen molar-refractivity contribution in [2.45, 2.75) is 33.0 Å². The van der Waals surface area contributed by atoms with Crippen molar-refractivity contribution in [1.29, 1.82) is 0 Å². The summed E-state index contributed by atoms with van der Waals surface area (Å²) in [5.74, 6) is 0. The van der Waals surface area contributed by atoms with Crippen LogP contribution in [0.4, 0.5) is 0 Å². The van der Waals surface area contributed by atoms with Crippen LogP contribution >= 0.6 is 0 Å². The Hall–Kier alpha value is 0.137. The molecule has 0 saturated carbocycles. The lowest BCUT2D eigenvalue weighted by Gasteiger charge is -2.16. The van der Waals surface area contributed by atoms with Crippen molar-refractivity contribution in [3.63, 3.8) is 0 Å². The molecule has 10 heavy (non-hydrogen) atoms. The van der Waals surface area contributed by atoms with Crippen LogP contribution in [0.15, 0.2) is 0 Å². The molecule has 0 saturated heterocycles. The quantitative estimate of drug-likeness (QED) is 0.350. The van der Waals surface area contributed by atoms with E-state index < -0.39 is 8.32 Å². The second kappa shape index (κ2) is 4.88. The minimum atomic E-state index is -1.33. The van der Waals surface area contributed by atoms with Gasteiger partial charge in [0.15, 0.2) is 8.32 Å². The van der Waals surface area contributed by atoms with Crippen molar-refractivity contribution in [3.8, 4) is 0 Å². The predicted octanol–water partition coefficient (Wildman–Crippen LogP) is 2.22. The maximum atomic E-state index is 5.45. The maximum Gasteiger partial charge on any atom is 0.186 e. The third-order valence-corrected chi connectivity index (χ3v) is 1.91. The van der Waals surface area contributed by atoms with E-state index in [0.29, 0.717) is 6.79 Å². The smallest absolute Gasteiger partial charge is 0.186 e. The molecule has 62 valence electrons. The normalized spacial score (nSPS) is 12.0. The minimum absolute atomic E-state index is 0.476. The van der Waals surface area contributed by atoms with Gasteiger partial charge in [-0.2, -0.15) is 0 Å². The van der Waals surface area contributed by atoms with E-state index in [2.05, 4.69) is 26.6 Å². The van der Waals surface area contributed by atoms with Crippen LogP contribution in [0.5, 0.6) is 0 Å². The van der Waals surface area contributed by atoms with Crippen LogP contribution in [-0.2, 0) is 9.16 Å². The van der Waals surface area contributed by atoms with Crippen molar-refractivity contribution >= 4 is 8.32 Å². The first-order valence-corrected chi connectivity index (χ1v) is 7.19. The minimum Gasteiger partial charge on any atom is -0.395 e. The Morgan fingerprint density at radius 1 is 1.20 bits per heavy atom. The number of rotatable bonds is 5. The molecule has 3 heteroatoms. The second-order valence-electron chi connectivity index (χ2n) is 3.28. The first-order chi connectivity index (χ1) is 4.56. The van der Waals surface area contributed by atoms with Crippen LogP contribution in [0.3, 0.4) is 0 Å². The molecular weight excluding hydrogens is 144 g/mol. The van der Waals surface area contributed by atoms with Crippen LogP contribution in [0.2, 0.25) is 19.6 Å². The van der Waals surface area contributed by atoms with Gasteiger partial charge in [0.1, 0.15) is 6.79 Å². The van der Waals surface area contributed by atoms with Gasteiger partial charge in [0.05, 0.1) is 0 Å². The van der Waals surface area contributed by atoms with E-state index in [1.165, 1.54) is 0 Å². The average molecular weight is 162 g/mol. The molecular formula is C7H18O2Si. The van der Waals surface area contributed by atoms with Crippen molar-refractivity contribution in [2.75, 3.05) is 13.4 Å². The van der Waals surface area contributed by atoms with Gasteiger partial charge in [0.2, 0.25) is 0 Å². The highest BCUT2D eigenvalue weighted by molar-refractivity contribution is 6.69. The van der Waals surface area contributed by atoms with E-state index in [0.717, 1.165) is 13.0 Å². The Balaban J connectivity index is 3.04. The molecule has 0 N–H and O–H groups in total. The zero-order valence-corrected chi connectivity index (χ0v) is 8.44. The van der Waals surface area contributed by atoms with Crippen LogP contribution in [0.1, 0.15) is 13.3 Å². The molecule has 0 amide bonds. The van der Waals surface area contributed by atoms with Crippen molar-refractivity contribution in [3.05, 3.63) is 0 Å². The summed E-state index contributed by atoms with van der Waals surface area (Å²) in [6.45, 7) is 9.84. The summed E-state index contributed by atoms with van der Waals surface area (Å²) in [7, 11) is -1.33. The highest BCUT2D eigenvalue weighted by Gasteiger charge is 2.12. The zero-order valence-electron chi connectivity index (χ0n) is 7.44. The van der Waals surface area contributed by atoms with E-state index in [-0.39, 0.29) is 0 Å². The molecule has 0 atom stereocenters. The molecule has 0 aromatic carbocycles. The standard InChI is InChI=1S/C7H18O2Si/c1-5-6-8-7-9-10(2,3)4/h5-7H2,1-4H3. The lowest BCUT2D eigenvalue weighted by atomic mass is 10.5. The average Bonchev–Trinajstić information content (AvgIpc) is 1.78. The van der Waals surface area contributed by atoms with Gasteiger partial charge in [0.25, 0.3) is 0 Å². The Bertz CT molecular complexity index is 78.2. The third kappa shape index (κ3) is 8.14. The Labute approximate surface area is 64.7 Å². The summed E-state index contributed by atoms with van der Waals surface area (Å²) < 4.78 is 10.6. The van der Waals surface area contributed by atoms with E-state index in [9.17, 15) is 0 Å². The molecule has 0 aliphatic carbocycles. The zero-order chi connectivity index (χ0) is 8.04. The topological polar surface area (TPSA) is 18.5 Å². The molecule has 0 unspecified atom stereocenters. The van der Waals surface area contributed by atoms with Crippen LogP contribution < -0.4 is 0 Å². The third-order valence-electron chi connectivity index (χ3n) is 0.924. The summed E-state index contributed by atoms with van der Waals surface area (Å²) in [5.41, 5.74) is 0. The van der Waals surface area contributed by atoms with Crippen molar-refractivity contribution in [1.82, 2.24) is 0 Å². The van der Waals surface area contributed by atoms with Crippen molar-refractivity contribution < 1.29 is 9.16 Å². The van der Waals surface area contributed by atoms with E-state index >= 15 is 0 Å². The molecule has 0 aromatic heterocycles. The molecule has 0 aliphatic heterocycles. The maximum absolute atomic E-state index is 5.45. The largest absolute Gasteiger partial charge is 0.395 e. The molecule has 0 heterocycles. The Morgan fingerprint density at radius 2 is 1.80 bits per heavy atom. The van der Waals surface area contributed by atoms with E-state index in [1.807, 2.05) is 0 Å². The van der Waals surface area contributed by atoms with E-state index in [1.54, 1.807) is 0 Å². The second-order valence-corrected chi connectivity index (χ2v) is 7.80. The van der Waals surface area contributed by atoms with Crippen LogP contribution in [-0.4, -0.2) is 21.7 Å². The van der Waals surface area contributed by atoms with Crippen molar-refractivity contribution in [2.24, 2.45) is 0 Å². The Kier molecular flexibility index (Phi) is 4.94. The SMILES string of the molecule is CCCOCO[Si](C)(C)C. The lowest BCUT2D eigenvalue weighted by molar-refractivity contribution is 0.0109. The molecule has 0 rings (SSSR count). The molecule has 0 spiro atoms. The van der Waals surface area contributed by atoms with Gasteiger partial charge >= 0.3 is 0 Å². The highest BCUT2D eigenvalue weighted by Crippen LogP contribution is 2.01. The van der Waals surface area contributed by atoms with Gasteiger partial charge in [-0.05, 0) is 26.1 Å². The van der Waals surface area contributed by atoms with Gasteiger partial charge in [-0.3, -0.25) is 0 Å². The molecule has 0 aliphatic rings. The molecule has 0 bridgehead atoms. The monoisotopic (exact) mass is 162 g/mol. The predicted molar refractivity (Wildman–Crippen MR) is 45.5 cm³/mol. The molecule has 0 aromatic rings. The molecule has 0 radical (unpaired) electrons. The lowest BCUT2D eigenvalue weighted by Crippen LogP contribution is -2.26. The van der Waals surface area contributed by atoms with Gasteiger partial charge in [-0.15, -0.1) is 0 Å². The summed E-state index contributed by atoms with van der Waals surface area (Å²) >= 11 is 0. The van der Waals surface area contributed by atoms with Crippen LogP contribution in [0.25, 0.3) is 0 Å². The number of ether oxygens (including phenoxy) is 1. The fourth-order valence-corrected chi connectivity index (χ4v) is 0.859. The van der Waals surface area contributed by atoms with Gasteiger partial charge < -0.3 is 9.16 Å². The molecule has 0 fully saturated rings. The highest BCUT2D eigenvalue weighted by atomic mass is 28.4. The fraction of sp³-hybridized carbons (Fsp3) is 1.00. The van der Waals surface area contributed by atoms with Crippen LogP contribution in [0, 0.1) is 0 Å².